The Labute approximate surface area is 217 Å². The Morgan fingerprint density at radius 3 is 2.51 bits per heavy atom. The third kappa shape index (κ3) is 5.74. The first-order valence-electron chi connectivity index (χ1n) is 11.2. The molecule has 5 rings (SSSR count). The summed E-state index contributed by atoms with van der Waals surface area (Å²) in [6, 6.07) is 14.0. The van der Waals surface area contributed by atoms with Crippen LogP contribution < -0.4 is 16.4 Å². The summed E-state index contributed by atoms with van der Waals surface area (Å²) in [5, 5.41) is 10.2. The molecule has 3 heterocycles. The Hall–Kier alpha value is -4.35. The van der Waals surface area contributed by atoms with Crippen molar-refractivity contribution in [2.75, 3.05) is 24.1 Å². The lowest BCUT2D eigenvalue weighted by Gasteiger charge is -2.27. The van der Waals surface area contributed by atoms with Crippen molar-refractivity contribution in [3.05, 3.63) is 90.3 Å². The maximum Gasteiger partial charge on any atom is 0.361 e. The predicted octanol–water partition coefficient (Wildman–Crippen LogP) is 3.16. The van der Waals surface area contributed by atoms with Crippen molar-refractivity contribution < 1.29 is 18.7 Å². The van der Waals surface area contributed by atoms with Crippen LogP contribution in [0.1, 0.15) is 28.2 Å². The largest absolute Gasteiger partial charge is 0.442 e. The fourth-order valence-corrected chi connectivity index (χ4v) is 3.62. The second kappa shape index (κ2) is 11.1. The molecule has 0 aliphatic carbocycles. The van der Waals surface area contributed by atoms with Crippen LogP contribution in [-0.4, -0.2) is 44.7 Å². The Morgan fingerprint density at radius 1 is 1.11 bits per heavy atom. The van der Waals surface area contributed by atoms with Gasteiger partial charge in [0.05, 0.1) is 24.1 Å². The molecule has 37 heavy (non-hydrogen) atoms. The van der Waals surface area contributed by atoms with Crippen LogP contribution in [0, 0.1) is 5.82 Å². The molecular formula is C25H23ClFN7O3. The molecule has 10 nitrogen and oxygen atoms in total. The van der Waals surface area contributed by atoms with Crippen molar-refractivity contribution in [3.8, 4) is 11.3 Å². The van der Waals surface area contributed by atoms with Crippen molar-refractivity contribution in [1.29, 1.82) is 0 Å². The number of hydrogen-bond acceptors (Lipinski definition) is 8. The summed E-state index contributed by atoms with van der Waals surface area (Å²) in [5.74, 6) is -2.12. The third-order valence-corrected chi connectivity index (χ3v) is 5.70. The highest BCUT2D eigenvalue weighted by molar-refractivity contribution is 5.99. The molecule has 1 saturated heterocycles. The number of nitrogens with zero attached hydrogens (tertiary/aromatic N) is 4. The van der Waals surface area contributed by atoms with Crippen molar-refractivity contribution >= 4 is 35.8 Å². The SMILES string of the molecule is Cl.Nc1ncc(-c2cnn(C3CNC3)c2)nc1C(=O)O[C@@H](C(=O)Nc1ccc(F)cc1)c1ccccc1. The maximum absolute atomic E-state index is 13.2. The van der Waals surface area contributed by atoms with Gasteiger partial charge in [-0.1, -0.05) is 30.3 Å². The van der Waals surface area contributed by atoms with Gasteiger partial charge >= 0.3 is 5.97 Å². The number of anilines is 2. The minimum absolute atomic E-state index is 0. The van der Waals surface area contributed by atoms with Crippen molar-refractivity contribution in [1.82, 2.24) is 25.1 Å². The number of nitrogens with two attached hydrogens (primary N) is 1. The fraction of sp³-hybridized carbons (Fsp3) is 0.160. The van der Waals surface area contributed by atoms with Gasteiger partial charge in [0.1, 0.15) is 5.82 Å². The normalized spacial score (nSPS) is 13.6. The zero-order valence-electron chi connectivity index (χ0n) is 19.4. The molecule has 0 unspecified atom stereocenters. The molecule has 190 valence electrons. The number of carbonyl (C=O) groups is 2. The molecule has 4 N–H and O–H groups in total. The molecule has 1 aliphatic heterocycles. The zero-order chi connectivity index (χ0) is 25.1. The van der Waals surface area contributed by atoms with E-state index in [1.165, 1.54) is 30.5 Å². The van der Waals surface area contributed by atoms with Gasteiger partial charge < -0.3 is 21.1 Å². The lowest BCUT2D eigenvalue weighted by atomic mass is 10.1. The summed E-state index contributed by atoms with van der Waals surface area (Å²) < 4.78 is 20.7. The first-order chi connectivity index (χ1) is 17.5. The number of ether oxygens (including phenoxy) is 1. The van der Waals surface area contributed by atoms with Crippen LogP contribution in [0.5, 0.6) is 0 Å². The van der Waals surface area contributed by atoms with E-state index in [1.54, 1.807) is 36.5 Å². The minimum atomic E-state index is -1.32. The lowest BCUT2D eigenvalue weighted by molar-refractivity contribution is -0.125. The number of aromatic nitrogens is 4. The number of nitrogen functional groups attached to an aromatic ring is 1. The molecule has 0 bridgehead atoms. The molecule has 4 aromatic rings. The first-order valence-corrected chi connectivity index (χ1v) is 11.2. The number of halogens is 2. The van der Waals surface area contributed by atoms with E-state index in [4.69, 9.17) is 10.5 Å². The second-order valence-corrected chi connectivity index (χ2v) is 8.20. The molecule has 12 heteroatoms. The average molecular weight is 524 g/mol. The third-order valence-electron chi connectivity index (χ3n) is 5.70. The van der Waals surface area contributed by atoms with Gasteiger partial charge in [-0.05, 0) is 24.3 Å². The van der Waals surface area contributed by atoms with Crippen LogP contribution in [0.4, 0.5) is 15.9 Å². The average Bonchev–Trinajstić information content (AvgIpc) is 3.33. The van der Waals surface area contributed by atoms with Crippen LogP contribution in [0.2, 0.25) is 0 Å². The van der Waals surface area contributed by atoms with Gasteiger partial charge in [0, 0.05) is 36.1 Å². The summed E-state index contributed by atoms with van der Waals surface area (Å²) in [4.78, 5) is 34.7. The molecule has 1 amide bonds. The number of nitrogens with one attached hydrogen (secondary N) is 2. The summed E-state index contributed by atoms with van der Waals surface area (Å²) in [5.41, 5.74) is 7.55. The smallest absolute Gasteiger partial charge is 0.361 e. The summed E-state index contributed by atoms with van der Waals surface area (Å²) in [6.07, 6.45) is 3.59. The Balaban J connectivity index is 0.00000320. The molecule has 0 radical (unpaired) electrons. The van der Waals surface area contributed by atoms with Gasteiger partial charge in [-0.25, -0.2) is 19.2 Å². The van der Waals surface area contributed by atoms with Crippen molar-refractivity contribution in [2.24, 2.45) is 0 Å². The molecule has 2 aromatic carbocycles. The Kier molecular flexibility index (Phi) is 7.75. The van der Waals surface area contributed by atoms with Crippen LogP contribution in [0.25, 0.3) is 11.3 Å². The highest BCUT2D eigenvalue weighted by Crippen LogP contribution is 2.25. The zero-order valence-corrected chi connectivity index (χ0v) is 20.2. The molecular weight excluding hydrogens is 501 g/mol. The maximum atomic E-state index is 13.2. The molecule has 1 atom stereocenters. The van der Waals surface area contributed by atoms with Gasteiger partial charge in [0.25, 0.3) is 5.91 Å². The quantitative estimate of drug-likeness (QED) is 0.314. The summed E-state index contributed by atoms with van der Waals surface area (Å²) in [7, 11) is 0. The van der Waals surface area contributed by atoms with Gasteiger partial charge in [-0.15, -0.1) is 12.4 Å². The number of carbonyl (C=O) groups excluding carboxylic acids is 2. The molecule has 0 saturated carbocycles. The van der Waals surface area contributed by atoms with Gasteiger partial charge in [0.15, 0.2) is 11.5 Å². The summed E-state index contributed by atoms with van der Waals surface area (Å²) in [6.45, 7) is 1.65. The Morgan fingerprint density at radius 2 is 1.84 bits per heavy atom. The van der Waals surface area contributed by atoms with E-state index in [0.717, 1.165) is 13.1 Å². The Bertz CT molecular complexity index is 1400. The highest BCUT2D eigenvalue weighted by Gasteiger charge is 2.28. The van der Waals surface area contributed by atoms with Crippen LogP contribution in [0.15, 0.2) is 73.2 Å². The first kappa shape index (κ1) is 25.7. The second-order valence-electron chi connectivity index (χ2n) is 8.20. The van der Waals surface area contributed by atoms with E-state index in [9.17, 15) is 14.0 Å². The van der Waals surface area contributed by atoms with E-state index in [0.29, 0.717) is 22.5 Å². The van der Waals surface area contributed by atoms with Crippen LogP contribution in [0.3, 0.4) is 0 Å². The number of benzene rings is 2. The molecule has 1 fully saturated rings. The van der Waals surface area contributed by atoms with Crippen LogP contribution in [-0.2, 0) is 9.53 Å². The van der Waals surface area contributed by atoms with Gasteiger partial charge in [-0.3, -0.25) is 9.48 Å². The number of hydrogen-bond donors (Lipinski definition) is 3. The molecule has 0 spiro atoms. The fourth-order valence-electron chi connectivity index (χ4n) is 3.62. The topological polar surface area (TPSA) is 137 Å². The highest BCUT2D eigenvalue weighted by atomic mass is 35.5. The number of amides is 1. The lowest BCUT2D eigenvalue weighted by Crippen LogP contribution is -2.43. The van der Waals surface area contributed by atoms with Crippen molar-refractivity contribution in [3.63, 3.8) is 0 Å². The van der Waals surface area contributed by atoms with Gasteiger partial charge in [-0.2, -0.15) is 5.10 Å². The van der Waals surface area contributed by atoms with E-state index in [2.05, 4.69) is 25.7 Å². The molecule has 2 aromatic heterocycles. The van der Waals surface area contributed by atoms with E-state index < -0.39 is 23.8 Å². The molecule has 1 aliphatic rings. The predicted molar refractivity (Wildman–Crippen MR) is 136 cm³/mol. The number of esters is 1. The number of rotatable bonds is 7. The standard InChI is InChI=1S/C25H22FN7O3.ClH/c26-17-6-8-18(9-7-17)31-24(34)22(15-4-2-1-3-5-15)36-25(35)21-23(27)29-13-20(32-21)16-10-30-33(14-16)19-11-28-12-19;/h1-10,13-14,19,22,28H,11-12H2,(H2,27,29)(H,31,34);1H/t22-;/m1./s1. The minimum Gasteiger partial charge on any atom is -0.442 e. The van der Waals surface area contributed by atoms with Gasteiger partial charge in [0.2, 0.25) is 6.10 Å². The van der Waals surface area contributed by atoms with Crippen molar-refractivity contribution in [2.45, 2.75) is 12.1 Å². The van der Waals surface area contributed by atoms with Crippen LogP contribution >= 0.6 is 12.4 Å². The monoisotopic (exact) mass is 523 g/mol. The van der Waals surface area contributed by atoms with E-state index >= 15 is 0 Å². The van der Waals surface area contributed by atoms with E-state index in [-0.39, 0.29) is 30.0 Å². The summed E-state index contributed by atoms with van der Waals surface area (Å²) >= 11 is 0. The van der Waals surface area contributed by atoms with E-state index in [1.807, 2.05) is 10.9 Å².